The molecule has 2 rings (SSSR count). The molecule has 0 spiro atoms. The Morgan fingerprint density at radius 2 is 1.78 bits per heavy atom. The highest BCUT2D eigenvalue weighted by molar-refractivity contribution is 6.60. The van der Waals surface area contributed by atoms with Crippen LogP contribution in [0.15, 0.2) is 0 Å². The average Bonchev–Trinajstić information content (AvgIpc) is 3.26. The van der Waals surface area contributed by atoms with Crippen LogP contribution >= 0.6 is 0 Å². The molecule has 3 atom stereocenters. The summed E-state index contributed by atoms with van der Waals surface area (Å²) in [5.74, 6) is -0.692. The minimum atomic E-state index is -2.68. The van der Waals surface area contributed by atoms with Gasteiger partial charge < -0.3 is 23.1 Å². The van der Waals surface area contributed by atoms with Crippen LogP contribution in [0.4, 0.5) is 0 Å². The second-order valence-electron chi connectivity index (χ2n) is 6.38. The van der Waals surface area contributed by atoms with E-state index in [1.54, 1.807) is 0 Å². The van der Waals surface area contributed by atoms with Crippen molar-refractivity contribution in [3.63, 3.8) is 0 Å². The van der Waals surface area contributed by atoms with E-state index in [2.05, 4.69) is 0 Å². The van der Waals surface area contributed by atoms with Gasteiger partial charge in [0.1, 0.15) is 0 Å². The van der Waals surface area contributed by atoms with Crippen molar-refractivity contribution in [1.29, 1.82) is 0 Å². The summed E-state index contributed by atoms with van der Waals surface area (Å²) in [6, 6.07) is 0.673. The first-order chi connectivity index (χ1) is 11.0. The Morgan fingerprint density at radius 3 is 2.26 bits per heavy atom. The Morgan fingerprint density at radius 1 is 1.17 bits per heavy atom. The lowest BCUT2D eigenvalue weighted by Crippen LogP contribution is -2.46. The second-order valence-corrected chi connectivity index (χ2v) is 9.11. The zero-order chi connectivity index (χ0) is 16.9. The molecule has 1 N–H and O–H groups in total. The quantitative estimate of drug-likeness (QED) is 0.458. The van der Waals surface area contributed by atoms with Gasteiger partial charge in [-0.15, -0.1) is 0 Å². The summed E-state index contributed by atoms with van der Waals surface area (Å²) in [5.41, 5.74) is -0.650. The molecule has 0 bridgehead atoms. The van der Waals surface area contributed by atoms with Crippen LogP contribution in [0.25, 0.3) is 0 Å². The van der Waals surface area contributed by atoms with Gasteiger partial charge in [-0.3, -0.25) is 4.79 Å². The van der Waals surface area contributed by atoms with E-state index in [1.807, 2.05) is 20.8 Å². The van der Waals surface area contributed by atoms with Crippen LogP contribution in [-0.2, 0) is 22.8 Å². The Balaban J connectivity index is 1.94. The minimum absolute atomic E-state index is 0.160. The molecule has 0 aromatic heterocycles. The van der Waals surface area contributed by atoms with Gasteiger partial charge in [0.25, 0.3) is 0 Å². The Bertz CT molecular complexity index is 387. The van der Waals surface area contributed by atoms with E-state index in [4.69, 9.17) is 18.0 Å². The van der Waals surface area contributed by atoms with Crippen LogP contribution in [0.5, 0.6) is 0 Å². The highest BCUT2D eigenvalue weighted by atomic mass is 28.4. The van der Waals surface area contributed by atoms with Crippen molar-refractivity contribution < 1.29 is 27.9 Å². The molecule has 1 saturated carbocycles. The van der Waals surface area contributed by atoms with Crippen molar-refractivity contribution in [2.24, 2.45) is 5.41 Å². The van der Waals surface area contributed by atoms with Gasteiger partial charge in [0.15, 0.2) is 0 Å². The number of epoxide rings is 1. The fourth-order valence-corrected chi connectivity index (χ4v) is 6.30. The third-order valence-electron chi connectivity index (χ3n) is 4.87. The molecule has 1 aliphatic heterocycles. The normalized spacial score (nSPS) is 30.0. The first kappa shape index (κ1) is 18.9. The molecule has 1 saturated heterocycles. The van der Waals surface area contributed by atoms with Crippen LogP contribution in [0, 0.1) is 5.41 Å². The van der Waals surface area contributed by atoms with Crippen LogP contribution < -0.4 is 0 Å². The molecule has 2 fully saturated rings. The number of carboxylic acids is 1. The smallest absolute Gasteiger partial charge is 0.481 e. The van der Waals surface area contributed by atoms with Crippen LogP contribution in [0.2, 0.25) is 6.04 Å². The molecule has 2 aliphatic rings. The van der Waals surface area contributed by atoms with E-state index in [1.165, 1.54) is 0 Å². The summed E-state index contributed by atoms with van der Waals surface area (Å²) < 4.78 is 23.1. The van der Waals surface area contributed by atoms with Gasteiger partial charge in [0.2, 0.25) is 0 Å². The minimum Gasteiger partial charge on any atom is -0.481 e. The first-order valence-corrected chi connectivity index (χ1v) is 10.7. The SMILES string of the molecule is CCO[Si](CCCC1(C(=O)O)CCC2OC2C1)(OCC)OCC. The molecule has 1 aliphatic carbocycles. The predicted octanol–water partition coefficient (Wildman–Crippen LogP) is 2.84. The van der Waals surface area contributed by atoms with E-state index >= 15 is 0 Å². The number of carboxylic acid groups (broad SMARTS) is 1. The number of rotatable bonds is 11. The van der Waals surface area contributed by atoms with Crippen LogP contribution in [0.3, 0.4) is 0 Å². The molecule has 1 heterocycles. The van der Waals surface area contributed by atoms with Crippen molar-refractivity contribution >= 4 is 14.8 Å². The van der Waals surface area contributed by atoms with Gasteiger partial charge in [-0.25, -0.2) is 0 Å². The summed E-state index contributed by atoms with van der Waals surface area (Å²) in [6.45, 7) is 7.45. The van der Waals surface area contributed by atoms with Crippen molar-refractivity contribution in [3.05, 3.63) is 0 Å². The Hall–Kier alpha value is -0.473. The summed E-state index contributed by atoms with van der Waals surface area (Å²) in [7, 11) is -2.68. The van der Waals surface area contributed by atoms with Crippen LogP contribution in [0.1, 0.15) is 52.9 Å². The maximum Gasteiger partial charge on any atom is 0.500 e. The lowest BCUT2D eigenvalue weighted by atomic mass is 9.71. The predicted molar refractivity (Wildman–Crippen MR) is 87.3 cm³/mol. The zero-order valence-electron chi connectivity index (χ0n) is 14.5. The monoisotopic (exact) mass is 346 g/mol. The molecular weight excluding hydrogens is 316 g/mol. The standard InChI is InChI=1S/C16H30O6Si/c1-4-19-23(20-5-2,21-6-3)11-7-9-16(15(17)18)10-8-13-14(12-16)22-13/h13-14H,4-12H2,1-3H3,(H,17,18). The summed E-state index contributed by atoms with van der Waals surface area (Å²) in [4.78, 5) is 11.8. The molecule has 0 aromatic rings. The number of aliphatic carboxylic acids is 1. The van der Waals surface area contributed by atoms with Gasteiger partial charge >= 0.3 is 14.8 Å². The van der Waals surface area contributed by atoms with E-state index in [-0.39, 0.29) is 6.10 Å². The fourth-order valence-electron chi connectivity index (χ4n) is 3.69. The van der Waals surface area contributed by atoms with Gasteiger partial charge in [0, 0.05) is 25.9 Å². The molecule has 0 amide bonds. The highest BCUT2D eigenvalue weighted by Gasteiger charge is 2.54. The third-order valence-corrected chi connectivity index (χ3v) is 8.02. The number of ether oxygens (including phenoxy) is 1. The highest BCUT2D eigenvalue weighted by Crippen LogP contribution is 2.49. The third kappa shape index (κ3) is 4.54. The second kappa shape index (κ2) is 8.07. The van der Waals surface area contributed by atoms with E-state index < -0.39 is 20.2 Å². The van der Waals surface area contributed by atoms with Crippen molar-refractivity contribution in [1.82, 2.24) is 0 Å². The maximum absolute atomic E-state index is 11.8. The molecule has 3 unspecified atom stereocenters. The van der Waals surface area contributed by atoms with Crippen LogP contribution in [-0.4, -0.2) is 51.9 Å². The van der Waals surface area contributed by atoms with Crippen molar-refractivity contribution in [3.8, 4) is 0 Å². The van der Waals surface area contributed by atoms with Crippen molar-refractivity contribution in [2.75, 3.05) is 19.8 Å². The number of hydrogen-bond donors (Lipinski definition) is 1. The van der Waals surface area contributed by atoms with E-state index in [9.17, 15) is 9.90 Å². The first-order valence-electron chi connectivity index (χ1n) is 8.81. The number of fused-ring (bicyclic) bond motifs is 1. The Labute approximate surface area is 139 Å². The summed E-state index contributed by atoms with van der Waals surface area (Å²) >= 11 is 0. The van der Waals surface area contributed by atoms with Crippen molar-refractivity contribution in [2.45, 2.75) is 71.1 Å². The van der Waals surface area contributed by atoms with Gasteiger partial charge in [-0.1, -0.05) is 0 Å². The average molecular weight is 346 g/mol. The molecule has 6 nitrogen and oxygen atoms in total. The summed E-state index contributed by atoms with van der Waals surface area (Å²) in [5, 5.41) is 9.73. The number of carbonyl (C=O) groups is 1. The summed E-state index contributed by atoms with van der Waals surface area (Å²) in [6.07, 6.45) is 4.06. The zero-order valence-corrected chi connectivity index (χ0v) is 15.5. The number of hydrogen-bond acceptors (Lipinski definition) is 5. The van der Waals surface area contributed by atoms with Gasteiger partial charge in [-0.05, 0) is 52.9 Å². The topological polar surface area (TPSA) is 77.5 Å². The molecule has 7 heteroatoms. The Kier molecular flexibility index (Phi) is 6.62. The largest absolute Gasteiger partial charge is 0.500 e. The molecule has 134 valence electrons. The lowest BCUT2D eigenvalue weighted by Gasteiger charge is -2.33. The van der Waals surface area contributed by atoms with E-state index in [0.717, 1.165) is 12.8 Å². The maximum atomic E-state index is 11.8. The molecule has 0 radical (unpaired) electrons. The van der Waals surface area contributed by atoms with E-state index in [0.29, 0.717) is 51.2 Å². The molecule has 23 heavy (non-hydrogen) atoms. The lowest BCUT2D eigenvalue weighted by molar-refractivity contribution is -0.151. The molecule has 0 aromatic carbocycles. The molecular formula is C16H30O6Si. The fraction of sp³-hybridized carbons (Fsp3) is 0.938. The van der Waals surface area contributed by atoms with Gasteiger partial charge in [-0.2, -0.15) is 0 Å². The van der Waals surface area contributed by atoms with Gasteiger partial charge in [0.05, 0.1) is 17.6 Å².